The molecule has 1 aromatic rings. The van der Waals surface area contributed by atoms with Crippen LogP contribution in [0.5, 0.6) is 0 Å². The standard InChI is InChI=1S/C12H17BrN2O2/c1-12(2,11(16)17-3)8-14-7-9-5-4-6-10(13)15-9/h4-6,14H,7-8H2,1-3H3. The summed E-state index contributed by atoms with van der Waals surface area (Å²) in [6, 6.07) is 5.74. The number of pyridine rings is 1. The van der Waals surface area contributed by atoms with Crippen molar-refractivity contribution in [3.8, 4) is 0 Å². The lowest BCUT2D eigenvalue weighted by molar-refractivity contribution is -0.150. The molecule has 0 aliphatic carbocycles. The molecule has 0 unspecified atom stereocenters. The van der Waals surface area contributed by atoms with Gasteiger partial charge in [0.15, 0.2) is 0 Å². The van der Waals surface area contributed by atoms with E-state index >= 15 is 0 Å². The number of halogens is 1. The lowest BCUT2D eigenvalue weighted by Gasteiger charge is -2.21. The van der Waals surface area contributed by atoms with Gasteiger partial charge in [0.1, 0.15) is 4.60 Å². The summed E-state index contributed by atoms with van der Waals surface area (Å²) in [6.45, 7) is 4.87. The van der Waals surface area contributed by atoms with E-state index in [2.05, 4.69) is 26.2 Å². The normalized spacial score (nSPS) is 11.3. The second-order valence-electron chi connectivity index (χ2n) is 4.43. The Hall–Kier alpha value is -0.940. The minimum Gasteiger partial charge on any atom is -0.469 e. The number of ether oxygens (including phenoxy) is 1. The Morgan fingerprint density at radius 2 is 2.24 bits per heavy atom. The Balaban J connectivity index is 2.45. The van der Waals surface area contributed by atoms with Gasteiger partial charge in [0.05, 0.1) is 18.2 Å². The minimum atomic E-state index is -0.527. The number of methoxy groups -OCH3 is 1. The maximum atomic E-state index is 11.4. The Bertz CT molecular complexity index is 394. The average molecular weight is 301 g/mol. The maximum absolute atomic E-state index is 11.4. The molecule has 0 saturated heterocycles. The van der Waals surface area contributed by atoms with Crippen molar-refractivity contribution in [3.05, 3.63) is 28.5 Å². The van der Waals surface area contributed by atoms with Crippen LogP contribution in [-0.2, 0) is 16.1 Å². The van der Waals surface area contributed by atoms with E-state index in [0.29, 0.717) is 13.1 Å². The van der Waals surface area contributed by atoms with Gasteiger partial charge in [-0.05, 0) is 41.9 Å². The molecule has 0 radical (unpaired) electrons. The van der Waals surface area contributed by atoms with Crippen LogP contribution in [0.3, 0.4) is 0 Å². The second kappa shape index (κ2) is 6.12. The molecular weight excluding hydrogens is 284 g/mol. The molecule has 0 spiro atoms. The third-order valence-corrected chi connectivity index (χ3v) is 2.83. The largest absolute Gasteiger partial charge is 0.469 e. The number of carbonyl (C=O) groups is 1. The van der Waals surface area contributed by atoms with Gasteiger partial charge in [-0.25, -0.2) is 4.98 Å². The molecule has 5 heteroatoms. The van der Waals surface area contributed by atoms with E-state index in [1.165, 1.54) is 7.11 Å². The van der Waals surface area contributed by atoms with Crippen molar-refractivity contribution in [1.29, 1.82) is 0 Å². The monoisotopic (exact) mass is 300 g/mol. The molecule has 0 bridgehead atoms. The molecule has 0 aromatic carbocycles. The van der Waals surface area contributed by atoms with Gasteiger partial charge in [0.2, 0.25) is 0 Å². The van der Waals surface area contributed by atoms with Gasteiger partial charge < -0.3 is 10.1 Å². The summed E-state index contributed by atoms with van der Waals surface area (Å²) in [7, 11) is 1.40. The molecule has 1 heterocycles. The summed E-state index contributed by atoms with van der Waals surface area (Å²) < 4.78 is 5.54. The summed E-state index contributed by atoms with van der Waals surface area (Å²) in [5, 5.41) is 3.20. The highest BCUT2D eigenvalue weighted by molar-refractivity contribution is 9.10. The lowest BCUT2D eigenvalue weighted by Crippen LogP contribution is -2.36. The second-order valence-corrected chi connectivity index (χ2v) is 5.24. The fourth-order valence-corrected chi connectivity index (χ4v) is 1.78. The number of aromatic nitrogens is 1. The van der Waals surface area contributed by atoms with Gasteiger partial charge in [-0.15, -0.1) is 0 Å². The molecule has 4 nitrogen and oxygen atoms in total. The Labute approximate surface area is 110 Å². The molecule has 0 aliphatic rings. The molecule has 0 saturated carbocycles. The van der Waals surface area contributed by atoms with Crippen LogP contribution in [0.25, 0.3) is 0 Å². The van der Waals surface area contributed by atoms with Crippen molar-refractivity contribution in [2.75, 3.05) is 13.7 Å². The van der Waals surface area contributed by atoms with E-state index < -0.39 is 5.41 Å². The van der Waals surface area contributed by atoms with Crippen molar-refractivity contribution < 1.29 is 9.53 Å². The van der Waals surface area contributed by atoms with Crippen molar-refractivity contribution in [3.63, 3.8) is 0 Å². The quantitative estimate of drug-likeness (QED) is 0.668. The number of carbonyl (C=O) groups excluding carboxylic acids is 1. The Morgan fingerprint density at radius 3 is 2.82 bits per heavy atom. The first-order chi connectivity index (χ1) is 7.95. The number of hydrogen-bond donors (Lipinski definition) is 1. The van der Waals surface area contributed by atoms with E-state index in [4.69, 9.17) is 4.74 Å². The van der Waals surface area contributed by atoms with Crippen molar-refractivity contribution in [1.82, 2.24) is 10.3 Å². The highest BCUT2D eigenvalue weighted by Crippen LogP contribution is 2.15. The van der Waals surface area contributed by atoms with Crippen molar-refractivity contribution >= 4 is 21.9 Å². The first-order valence-corrected chi connectivity index (χ1v) is 6.15. The molecule has 0 fully saturated rings. The number of hydrogen-bond acceptors (Lipinski definition) is 4. The summed E-state index contributed by atoms with van der Waals surface area (Å²) in [6.07, 6.45) is 0. The zero-order valence-corrected chi connectivity index (χ0v) is 11.9. The first-order valence-electron chi connectivity index (χ1n) is 5.36. The summed E-state index contributed by atoms with van der Waals surface area (Å²) in [5.41, 5.74) is 0.404. The molecule has 94 valence electrons. The van der Waals surface area contributed by atoms with E-state index in [1.54, 1.807) is 0 Å². The zero-order chi connectivity index (χ0) is 12.9. The van der Waals surface area contributed by atoms with Crippen LogP contribution in [0.15, 0.2) is 22.8 Å². The molecule has 17 heavy (non-hydrogen) atoms. The number of nitrogens with one attached hydrogen (secondary N) is 1. The molecule has 1 rings (SSSR count). The summed E-state index contributed by atoms with van der Waals surface area (Å²) >= 11 is 3.31. The van der Waals surface area contributed by atoms with Crippen LogP contribution in [0.4, 0.5) is 0 Å². The van der Waals surface area contributed by atoms with Crippen molar-refractivity contribution in [2.24, 2.45) is 5.41 Å². The molecule has 0 atom stereocenters. The van der Waals surface area contributed by atoms with E-state index in [1.807, 2.05) is 32.0 Å². The van der Waals surface area contributed by atoms with E-state index in [9.17, 15) is 4.79 Å². The number of rotatable bonds is 5. The predicted molar refractivity (Wildman–Crippen MR) is 69.4 cm³/mol. The highest BCUT2D eigenvalue weighted by atomic mass is 79.9. The smallest absolute Gasteiger partial charge is 0.312 e. The first kappa shape index (κ1) is 14.1. The topological polar surface area (TPSA) is 51.2 Å². The lowest BCUT2D eigenvalue weighted by atomic mass is 9.94. The maximum Gasteiger partial charge on any atom is 0.312 e. The van der Waals surface area contributed by atoms with Gasteiger partial charge in [0, 0.05) is 13.1 Å². The Morgan fingerprint density at radius 1 is 1.53 bits per heavy atom. The number of esters is 1. The van der Waals surface area contributed by atoms with E-state index in [-0.39, 0.29) is 5.97 Å². The third kappa shape index (κ3) is 4.44. The molecule has 0 aliphatic heterocycles. The molecular formula is C12H17BrN2O2. The predicted octanol–water partition coefficient (Wildman–Crippen LogP) is 2.13. The number of nitrogens with zero attached hydrogens (tertiary/aromatic N) is 1. The fraction of sp³-hybridized carbons (Fsp3) is 0.500. The average Bonchev–Trinajstić information content (AvgIpc) is 2.27. The van der Waals surface area contributed by atoms with Gasteiger partial charge >= 0.3 is 5.97 Å². The van der Waals surface area contributed by atoms with Crippen LogP contribution >= 0.6 is 15.9 Å². The zero-order valence-electron chi connectivity index (χ0n) is 10.3. The van der Waals surface area contributed by atoms with Crippen LogP contribution < -0.4 is 5.32 Å². The molecule has 1 N–H and O–H groups in total. The van der Waals surface area contributed by atoms with Gasteiger partial charge in [0.25, 0.3) is 0 Å². The fourth-order valence-electron chi connectivity index (χ4n) is 1.40. The van der Waals surface area contributed by atoms with Gasteiger partial charge in [-0.3, -0.25) is 4.79 Å². The summed E-state index contributed by atoms with van der Waals surface area (Å²) in [5.74, 6) is -0.216. The third-order valence-electron chi connectivity index (χ3n) is 2.38. The Kier molecular flexibility index (Phi) is 5.08. The minimum absolute atomic E-state index is 0.216. The molecule has 1 aromatic heterocycles. The van der Waals surface area contributed by atoms with E-state index in [0.717, 1.165) is 10.3 Å². The van der Waals surface area contributed by atoms with Crippen LogP contribution in [-0.4, -0.2) is 24.6 Å². The molecule has 0 amide bonds. The van der Waals surface area contributed by atoms with Gasteiger partial charge in [-0.1, -0.05) is 6.07 Å². The highest BCUT2D eigenvalue weighted by Gasteiger charge is 2.27. The van der Waals surface area contributed by atoms with Crippen LogP contribution in [0.2, 0.25) is 0 Å². The summed E-state index contributed by atoms with van der Waals surface area (Å²) in [4.78, 5) is 15.7. The van der Waals surface area contributed by atoms with Crippen molar-refractivity contribution in [2.45, 2.75) is 20.4 Å². The SMILES string of the molecule is COC(=O)C(C)(C)CNCc1cccc(Br)n1. The van der Waals surface area contributed by atoms with Gasteiger partial charge in [-0.2, -0.15) is 0 Å². The van der Waals surface area contributed by atoms with Crippen LogP contribution in [0.1, 0.15) is 19.5 Å². The van der Waals surface area contributed by atoms with Crippen LogP contribution in [0, 0.1) is 5.41 Å².